The summed E-state index contributed by atoms with van der Waals surface area (Å²) in [4.78, 5) is 12.6. The number of carbonyl (C=O) groups excluding carboxylic acids is 1. The number of Topliss-reactive ketones (excluding diaryl/α,β-unsaturated/α-hetero) is 1. The van der Waals surface area contributed by atoms with Crippen LogP contribution in [0.15, 0.2) is 11.6 Å². The lowest BCUT2D eigenvalue weighted by atomic mass is 9.48. The zero-order valence-corrected chi connectivity index (χ0v) is 15.1. The van der Waals surface area contributed by atoms with Crippen LogP contribution in [0.25, 0.3) is 0 Å². The molecule has 4 rings (SSSR count). The fraction of sp³-hybridized carbons (Fsp3) is 0.842. The molecule has 4 aliphatic carbocycles. The van der Waals surface area contributed by atoms with Gasteiger partial charge in [0.25, 0.3) is 0 Å². The predicted octanol–water partition coefficient (Wildman–Crippen LogP) is 4.25. The highest BCUT2D eigenvalue weighted by Gasteiger charge is 2.59. The summed E-state index contributed by atoms with van der Waals surface area (Å²) in [5.74, 6) is 2.51. The van der Waals surface area contributed by atoms with Gasteiger partial charge in [-0.2, -0.15) is 0 Å². The molecule has 0 bridgehead atoms. The Labute approximate surface area is 141 Å². The number of hydrogen-bond acceptors (Lipinski definition) is 2. The number of halogens is 1. The molecule has 0 aromatic heterocycles. The van der Waals surface area contributed by atoms with Crippen LogP contribution in [-0.4, -0.2) is 22.3 Å². The van der Waals surface area contributed by atoms with Crippen molar-refractivity contribution in [3.8, 4) is 0 Å². The fourth-order valence-electron chi connectivity index (χ4n) is 6.47. The summed E-state index contributed by atoms with van der Waals surface area (Å²) in [5.41, 5.74) is 1.74. The maximum Gasteiger partial charge on any atom is 0.140 e. The number of carbonyl (C=O) groups is 1. The Balaban J connectivity index is 1.69. The smallest absolute Gasteiger partial charge is 0.140 e. The summed E-state index contributed by atoms with van der Waals surface area (Å²) < 4.78 is 0. The first kappa shape index (κ1) is 15.4. The maximum atomic E-state index is 12.6. The number of aliphatic hydroxyl groups excluding tert-OH is 1. The molecule has 6 atom stereocenters. The Morgan fingerprint density at radius 3 is 2.86 bits per heavy atom. The lowest BCUT2D eigenvalue weighted by Crippen LogP contribution is -2.52. The Kier molecular flexibility index (Phi) is 3.62. The van der Waals surface area contributed by atoms with Crippen LogP contribution >= 0.6 is 15.9 Å². The molecule has 0 aromatic carbocycles. The molecule has 3 saturated carbocycles. The van der Waals surface area contributed by atoms with Gasteiger partial charge in [-0.15, -0.1) is 0 Å². The van der Waals surface area contributed by atoms with Gasteiger partial charge in [-0.3, -0.25) is 4.79 Å². The molecule has 0 heterocycles. The largest absolute Gasteiger partial charge is 0.393 e. The number of rotatable bonds is 1. The minimum absolute atomic E-state index is 0.0585. The van der Waals surface area contributed by atoms with E-state index in [2.05, 4.69) is 28.9 Å². The van der Waals surface area contributed by atoms with Crippen LogP contribution in [0.2, 0.25) is 0 Å². The Morgan fingerprint density at radius 2 is 2.09 bits per heavy atom. The molecule has 22 heavy (non-hydrogen) atoms. The molecule has 2 nitrogen and oxygen atoms in total. The average Bonchev–Trinajstić information content (AvgIpc) is 2.86. The van der Waals surface area contributed by atoms with Gasteiger partial charge in [0.1, 0.15) is 5.78 Å². The van der Waals surface area contributed by atoms with Crippen LogP contribution in [0.5, 0.6) is 0 Å². The molecule has 0 unspecified atom stereocenters. The number of hydrogen-bond donors (Lipinski definition) is 1. The Bertz CT molecular complexity index is 528. The van der Waals surface area contributed by atoms with Gasteiger partial charge in [0, 0.05) is 17.2 Å². The average molecular weight is 367 g/mol. The van der Waals surface area contributed by atoms with Gasteiger partial charge in [-0.1, -0.05) is 34.5 Å². The fourth-order valence-corrected chi connectivity index (χ4v) is 7.48. The van der Waals surface area contributed by atoms with Crippen molar-refractivity contribution in [2.75, 3.05) is 5.33 Å². The second kappa shape index (κ2) is 5.17. The van der Waals surface area contributed by atoms with E-state index in [4.69, 9.17) is 0 Å². The van der Waals surface area contributed by atoms with Gasteiger partial charge in [0.15, 0.2) is 0 Å². The van der Waals surface area contributed by atoms with Gasteiger partial charge >= 0.3 is 0 Å². The molecule has 4 aliphatic rings. The monoisotopic (exact) mass is 366 g/mol. The van der Waals surface area contributed by atoms with Crippen molar-refractivity contribution >= 4 is 21.7 Å². The number of ketones is 1. The van der Waals surface area contributed by atoms with E-state index in [0.717, 1.165) is 56.2 Å². The van der Waals surface area contributed by atoms with Crippen LogP contribution in [0.3, 0.4) is 0 Å². The van der Waals surface area contributed by atoms with Crippen molar-refractivity contribution in [3.05, 3.63) is 11.6 Å². The minimum Gasteiger partial charge on any atom is -0.393 e. The van der Waals surface area contributed by atoms with E-state index in [1.807, 2.05) is 0 Å². The summed E-state index contributed by atoms with van der Waals surface area (Å²) in [6.45, 7) is 2.44. The lowest BCUT2D eigenvalue weighted by Gasteiger charge is -2.57. The van der Waals surface area contributed by atoms with Crippen molar-refractivity contribution in [2.45, 2.75) is 64.4 Å². The minimum atomic E-state index is -0.130. The van der Waals surface area contributed by atoms with E-state index in [1.165, 1.54) is 12.0 Å². The highest BCUT2D eigenvalue weighted by atomic mass is 79.9. The zero-order valence-electron chi connectivity index (χ0n) is 13.5. The van der Waals surface area contributed by atoms with Crippen LogP contribution < -0.4 is 0 Å². The van der Waals surface area contributed by atoms with E-state index < -0.39 is 0 Å². The first-order chi connectivity index (χ1) is 10.5. The van der Waals surface area contributed by atoms with Gasteiger partial charge in [-0.05, 0) is 68.1 Å². The molecule has 0 aliphatic heterocycles. The van der Waals surface area contributed by atoms with Crippen molar-refractivity contribution in [2.24, 2.45) is 28.6 Å². The van der Waals surface area contributed by atoms with Gasteiger partial charge in [0.05, 0.1) is 6.10 Å². The summed E-state index contributed by atoms with van der Waals surface area (Å²) in [5, 5.41) is 10.9. The summed E-state index contributed by atoms with van der Waals surface area (Å²) >= 11 is 3.69. The third kappa shape index (κ3) is 1.90. The number of alkyl halides is 1. The first-order valence-electron chi connectivity index (χ1n) is 8.98. The van der Waals surface area contributed by atoms with Gasteiger partial charge < -0.3 is 5.11 Å². The molecule has 0 amide bonds. The third-order valence-corrected chi connectivity index (χ3v) is 8.76. The number of fused-ring (bicyclic) bond motifs is 5. The normalized spacial score (nSPS) is 50.9. The predicted molar refractivity (Wildman–Crippen MR) is 90.8 cm³/mol. The van der Waals surface area contributed by atoms with Gasteiger partial charge in [-0.25, -0.2) is 0 Å². The molecule has 3 heteroatoms. The summed E-state index contributed by atoms with van der Waals surface area (Å²) in [6.07, 6.45) is 10.6. The lowest BCUT2D eigenvalue weighted by molar-refractivity contribution is -0.131. The van der Waals surface area contributed by atoms with E-state index in [-0.39, 0.29) is 16.9 Å². The molecule has 0 aromatic rings. The third-order valence-electron chi connectivity index (χ3n) is 7.76. The van der Waals surface area contributed by atoms with Crippen LogP contribution in [0.4, 0.5) is 0 Å². The van der Waals surface area contributed by atoms with E-state index >= 15 is 0 Å². The van der Waals surface area contributed by atoms with E-state index in [9.17, 15) is 9.90 Å². The molecule has 122 valence electrons. The van der Waals surface area contributed by atoms with Crippen molar-refractivity contribution in [1.29, 1.82) is 0 Å². The first-order valence-corrected chi connectivity index (χ1v) is 10.1. The number of aliphatic hydroxyl groups is 1. The molecule has 0 saturated heterocycles. The molecular weight excluding hydrogens is 340 g/mol. The summed E-state index contributed by atoms with van der Waals surface area (Å²) in [6, 6.07) is 0. The van der Waals surface area contributed by atoms with E-state index in [1.54, 1.807) is 0 Å². The number of allylic oxidation sites excluding steroid dienone is 1. The maximum absolute atomic E-state index is 12.6. The van der Waals surface area contributed by atoms with Gasteiger partial charge in [0.2, 0.25) is 0 Å². The Hall–Kier alpha value is -0.150. The summed E-state index contributed by atoms with van der Waals surface area (Å²) in [7, 11) is 0. The second-order valence-corrected chi connectivity index (χ2v) is 9.01. The molecular formula is C19H27BrO2. The van der Waals surface area contributed by atoms with E-state index in [0.29, 0.717) is 17.6 Å². The quantitative estimate of drug-likeness (QED) is 0.556. The van der Waals surface area contributed by atoms with Crippen molar-refractivity contribution < 1.29 is 9.90 Å². The SMILES string of the molecule is C[C@]12CC[C@H](O)CC1=CC[C@H]1[C@@H]3CCC(=O)[C@@]3(CBr)CC[C@@H]12. The molecule has 0 spiro atoms. The van der Waals surface area contributed by atoms with Crippen LogP contribution in [-0.2, 0) is 4.79 Å². The van der Waals surface area contributed by atoms with Crippen LogP contribution in [0.1, 0.15) is 58.3 Å². The topological polar surface area (TPSA) is 37.3 Å². The standard InChI is InChI=1S/C19H27BrO2/c1-18-8-6-13(21)10-12(18)2-3-14-15(18)7-9-19(11-20)16(14)4-5-17(19)22/h2,13-16,21H,3-11H2,1H3/t13-,14+,15-,16-,18-,19+/m0/s1. The highest BCUT2D eigenvalue weighted by molar-refractivity contribution is 9.09. The van der Waals surface area contributed by atoms with Crippen LogP contribution in [0, 0.1) is 28.6 Å². The van der Waals surface area contributed by atoms with Crippen molar-refractivity contribution in [1.82, 2.24) is 0 Å². The molecule has 1 N–H and O–H groups in total. The molecule has 3 fully saturated rings. The highest BCUT2D eigenvalue weighted by Crippen LogP contribution is 2.64. The Morgan fingerprint density at radius 1 is 1.27 bits per heavy atom. The molecule has 0 radical (unpaired) electrons. The second-order valence-electron chi connectivity index (χ2n) is 8.45. The zero-order chi connectivity index (χ0) is 15.5. The van der Waals surface area contributed by atoms with Crippen molar-refractivity contribution in [3.63, 3.8) is 0 Å².